The highest BCUT2D eigenvalue weighted by Gasteiger charge is 2.56. The van der Waals surface area contributed by atoms with Crippen molar-refractivity contribution in [3.8, 4) is 0 Å². The Hall–Kier alpha value is 0.450. The summed E-state index contributed by atoms with van der Waals surface area (Å²) in [7, 11) is 2.86. The fourth-order valence-electron chi connectivity index (χ4n) is 0.933. The Morgan fingerprint density at radius 2 is 1.33 bits per heavy atom. The predicted molar refractivity (Wildman–Crippen MR) is 49.5 cm³/mol. The Balaban J connectivity index is 4.83. The summed E-state index contributed by atoms with van der Waals surface area (Å²) in [5.41, 5.74) is 0. The van der Waals surface area contributed by atoms with E-state index in [0.29, 0.717) is 0 Å². The first-order chi connectivity index (χ1) is 5.31. The van der Waals surface area contributed by atoms with E-state index in [0.717, 1.165) is 23.5 Å². The summed E-state index contributed by atoms with van der Waals surface area (Å²) in [5.74, 6) is 0. The highest BCUT2D eigenvalue weighted by molar-refractivity contribution is 8.17. The van der Waals surface area contributed by atoms with Crippen molar-refractivity contribution in [3.05, 3.63) is 0 Å². The maximum Gasteiger partial charge on any atom is 0.425 e. The van der Waals surface area contributed by atoms with Gasteiger partial charge in [-0.05, 0) is 26.6 Å². The summed E-state index contributed by atoms with van der Waals surface area (Å²) in [6.07, 6.45) is -1.29. The second kappa shape index (κ2) is 4.11. The molecule has 1 nitrogen and oxygen atoms in total. The van der Waals surface area contributed by atoms with E-state index in [-0.39, 0.29) is 0 Å². The fraction of sp³-hybridized carbons (Fsp3) is 1.00. The van der Waals surface area contributed by atoms with Crippen LogP contribution in [0.1, 0.15) is 0 Å². The lowest BCUT2D eigenvalue weighted by Gasteiger charge is -2.37. The zero-order valence-electron chi connectivity index (χ0n) is 7.40. The molecular formula is C6H12F3NS2. The molecule has 0 aromatic rings. The number of nitrogens with zero attached hydrogens (tertiary/aromatic N) is 1. The van der Waals surface area contributed by atoms with Crippen LogP contribution in [0.2, 0.25) is 0 Å². The van der Waals surface area contributed by atoms with Crippen LogP contribution in [-0.2, 0) is 0 Å². The molecule has 0 heterocycles. The number of hydrogen-bond donors (Lipinski definition) is 0. The standard InChI is InChI=1S/C6H12F3NS2/c1-10(2)6(11-3,12-4)5(7,8)9/h1-4H3. The monoisotopic (exact) mass is 219 g/mol. The molecule has 0 rings (SSSR count). The van der Waals surface area contributed by atoms with Crippen LogP contribution in [0.5, 0.6) is 0 Å². The van der Waals surface area contributed by atoms with Crippen LogP contribution in [0.25, 0.3) is 0 Å². The first-order valence-corrected chi connectivity index (χ1v) is 5.61. The fourth-order valence-corrected chi connectivity index (χ4v) is 2.79. The second-order valence-electron chi connectivity index (χ2n) is 2.38. The van der Waals surface area contributed by atoms with Gasteiger partial charge in [-0.1, -0.05) is 0 Å². The van der Waals surface area contributed by atoms with Gasteiger partial charge in [0.25, 0.3) is 0 Å². The van der Waals surface area contributed by atoms with Crippen LogP contribution in [0.3, 0.4) is 0 Å². The quantitative estimate of drug-likeness (QED) is 0.671. The Labute approximate surface area is 79.1 Å². The maximum absolute atomic E-state index is 12.5. The van der Waals surface area contributed by atoms with E-state index in [9.17, 15) is 13.2 Å². The van der Waals surface area contributed by atoms with Crippen molar-refractivity contribution in [1.29, 1.82) is 0 Å². The van der Waals surface area contributed by atoms with Gasteiger partial charge in [0.1, 0.15) is 0 Å². The molecule has 0 saturated carbocycles. The van der Waals surface area contributed by atoms with E-state index in [4.69, 9.17) is 0 Å². The molecule has 0 aliphatic heterocycles. The third-order valence-electron chi connectivity index (χ3n) is 1.50. The summed E-state index contributed by atoms with van der Waals surface area (Å²) in [6, 6.07) is 0. The smallest absolute Gasteiger partial charge is 0.279 e. The molecule has 0 aromatic heterocycles. The van der Waals surface area contributed by atoms with Gasteiger partial charge in [-0.3, -0.25) is 4.90 Å². The number of halogens is 3. The molecule has 12 heavy (non-hydrogen) atoms. The Morgan fingerprint density at radius 1 is 1.00 bits per heavy atom. The molecule has 0 N–H and O–H groups in total. The first-order valence-electron chi connectivity index (χ1n) is 3.16. The topological polar surface area (TPSA) is 3.24 Å². The van der Waals surface area contributed by atoms with Crippen molar-refractivity contribution in [2.45, 2.75) is 10.4 Å². The lowest BCUT2D eigenvalue weighted by molar-refractivity contribution is -0.162. The summed E-state index contributed by atoms with van der Waals surface area (Å²) >= 11 is 1.59. The van der Waals surface area contributed by atoms with Gasteiger partial charge < -0.3 is 0 Å². The molecule has 0 amide bonds. The summed E-state index contributed by atoms with van der Waals surface area (Å²) in [5, 5.41) is 0. The van der Waals surface area contributed by atoms with Gasteiger partial charge in [0.05, 0.1) is 0 Å². The van der Waals surface area contributed by atoms with Crippen LogP contribution in [0.15, 0.2) is 0 Å². The Kier molecular flexibility index (Phi) is 4.26. The molecule has 0 radical (unpaired) electrons. The van der Waals surface area contributed by atoms with Gasteiger partial charge in [-0.15, -0.1) is 23.5 Å². The van der Waals surface area contributed by atoms with Gasteiger partial charge in [0.15, 0.2) is 0 Å². The average molecular weight is 219 g/mol. The van der Waals surface area contributed by atoms with Crippen molar-refractivity contribution in [2.24, 2.45) is 0 Å². The molecule has 0 spiro atoms. The van der Waals surface area contributed by atoms with E-state index < -0.39 is 10.4 Å². The minimum absolute atomic E-state index is 0.796. The van der Waals surface area contributed by atoms with E-state index in [1.54, 1.807) is 0 Å². The average Bonchev–Trinajstić information content (AvgIpc) is 1.87. The minimum Gasteiger partial charge on any atom is -0.279 e. The molecule has 0 aliphatic carbocycles. The van der Waals surface area contributed by atoms with Crippen LogP contribution in [-0.4, -0.2) is 41.9 Å². The molecular weight excluding hydrogens is 207 g/mol. The van der Waals surface area contributed by atoms with Crippen molar-refractivity contribution in [3.63, 3.8) is 0 Å². The largest absolute Gasteiger partial charge is 0.425 e. The Bertz CT molecular complexity index is 142. The molecule has 0 aliphatic rings. The molecule has 0 aromatic carbocycles. The molecule has 0 bridgehead atoms. The molecule has 6 heteroatoms. The maximum atomic E-state index is 12.5. The van der Waals surface area contributed by atoms with Gasteiger partial charge >= 0.3 is 6.18 Å². The second-order valence-corrected chi connectivity index (χ2v) is 4.64. The van der Waals surface area contributed by atoms with Gasteiger partial charge in [0, 0.05) is 0 Å². The predicted octanol–water partition coefficient (Wildman–Crippen LogP) is 2.49. The van der Waals surface area contributed by atoms with Gasteiger partial charge in [0.2, 0.25) is 4.20 Å². The van der Waals surface area contributed by atoms with Crippen molar-refractivity contribution < 1.29 is 13.2 Å². The minimum atomic E-state index is -4.21. The van der Waals surface area contributed by atoms with E-state index >= 15 is 0 Å². The number of hydrogen-bond acceptors (Lipinski definition) is 3. The summed E-state index contributed by atoms with van der Waals surface area (Å²) < 4.78 is 35.8. The van der Waals surface area contributed by atoms with Crippen molar-refractivity contribution >= 4 is 23.5 Å². The highest BCUT2D eigenvalue weighted by atomic mass is 32.2. The molecule has 0 atom stereocenters. The highest BCUT2D eigenvalue weighted by Crippen LogP contribution is 2.48. The van der Waals surface area contributed by atoms with E-state index in [1.165, 1.54) is 31.5 Å². The van der Waals surface area contributed by atoms with E-state index in [2.05, 4.69) is 0 Å². The molecule has 74 valence electrons. The normalized spacial score (nSPS) is 14.0. The molecule has 0 unspecified atom stereocenters. The van der Waals surface area contributed by atoms with Crippen LogP contribution in [0.4, 0.5) is 13.2 Å². The Morgan fingerprint density at radius 3 is 1.33 bits per heavy atom. The van der Waals surface area contributed by atoms with Crippen LogP contribution < -0.4 is 0 Å². The first kappa shape index (κ1) is 12.4. The summed E-state index contributed by atoms with van der Waals surface area (Å²) in [6.45, 7) is 0. The third kappa shape index (κ3) is 2.03. The number of rotatable bonds is 3. The third-order valence-corrected chi connectivity index (χ3v) is 4.80. The summed E-state index contributed by atoms with van der Waals surface area (Å²) in [4.78, 5) is 1.18. The van der Waals surface area contributed by atoms with Crippen LogP contribution in [0, 0.1) is 0 Å². The van der Waals surface area contributed by atoms with Gasteiger partial charge in [-0.25, -0.2) is 0 Å². The van der Waals surface area contributed by atoms with Gasteiger partial charge in [-0.2, -0.15) is 13.2 Å². The zero-order chi connectivity index (χ0) is 9.99. The van der Waals surface area contributed by atoms with Crippen molar-refractivity contribution in [2.75, 3.05) is 26.6 Å². The van der Waals surface area contributed by atoms with E-state index in [1.807, 2.05) is 0 Å². The lowest BCUT2D eigenvalue weighted by atomic mass is 10.5. The molecule has 0 fully saturated rings. The number of alkyl halides is 3. The molecule has 0 saturated heterocycles. The number of thioether (sulfide) groups is 2. The zero-order valence-corrected chi connectivity index (χ0v) is 9.03. The SMILES string of the molecule is CSC(SC)(N(C)C)C(F)(F)F. The lowest BCUT2D eigenvalue weighted by Crippen LogP contribution is -2.50. The van der Waals surface area contributed by atoms with Crippen LogP contribution >= 0.6 is 23.5 Å². The van der Waals surface area contributed by atoms with Crippen molar-refractivity contribution in [1.82, 2.24) is 4.90 Å².